The lowest BCUT2D eigenvalue weighted by Crippen LogP contribution is -2.28. The van der Waals surface area contributed by atoms with Crippen molar-refractivity contribution in [1.29, 1.82) is 0 Å². The number of ether oxygens (including phenoxy) is 2. The topological polar surface area (TPSA) is 93.1 Å². The zero-order chi connectivity index (χ0) is 19.8. The molecule has 1 aromatic carbocycles. The lowest BCUT2D eigenvalue weighted by Gasteiger charge is -2.24. The van der Waals surface area contributed by atoms with Crippen molar-refractivity contribution in [1.82, 2.24) is 0 Å². The number of hydrogen-bond acceptors (Lipinski definition) is 6. The van der Waals surface area contributed by atoms with Crippen LogP contribution in [0.1, 0.15) is 42.1 Å². The highest BCUT2D eigenvalue weighted by atomic mass is 16.5. The first kappa shape index (κ1) is 20.7. The first-order valence-corrected chi connectivity index (χ1v) is 9.01. The lowest BCUT2D eigenvalue weighted by atomic mass is 9.93. The first-order valence-electron chi connectivity index (χ1n) is 9.01. The molecule has 27 heavy (non-hydrogen) atoms. The van der Waals surface area contributed by atoms with Crippen LogP contribution in [0.15, 0.2) is 42.5 Å². The van der Waals surface area contributed by atoms with Crippen molar-refractivity contribution in [3.05, 3.63) is 53.6 Å². The van der Waals surface area contributed by atoms with Crippen LogP contribution in [-0.2, 0) is 20.7 Å². The summed E-state index contributed by atoms with van der Waals surface area (Å²) >= 11 is 0. The van der Waals surface area contributed by atoms with Crippen LogP contribution >= 0.6 is 0 Å². The van der Waals surface area contributed by atoms with Crippen molar-refractivity contribution < 1.29 is 29.3 Å². The van der Waals surface area contributed by atoms with Crippen molar-refractivity contribution in [2.75, 3.05) is 7.11 Å². The van der Waals surface area contributed by atoms with Gasteiger partial charge >= 0.3 is 11.9 Å². The fraction of sp³-hybridized carbons (Fsp3) is 0.429. The predicted molar refractivity (Wildman–Crippen MR) is 100 cm³/mol. The number of carbonyl (C=O) groups excluding carboxylic acids is 2. The van der Waals surface area contributed by atoms with E-state index in [-0.39, 0.29) is 30.1 Å². The van der Waals surface area contributed by atoms with E-state index in [0.717, 1.165) is 0 Å². The number of aliphatic hydroxyl groups is 1. The van der Waals surface area contributed by atoms with Gasteiger partial charge in [-0.3, -0.25) is 0 Å². The van der Waals surface area contributed by atoms with Crippen LogP contribution in [-0.4, -0.2) is 41.5 Å². The number of allylic oxidation sites excluding steroid dienone is 2. The summed E-state index contributed by atoms with van der Waals surface area (Å²) in [4.78, 5) is 23.9. The summed E-state index contributed by atoms with van der Waals surface area (Å²) in [6.45, 7) is 1.93. The van der Waals surface area contributed by atoms with Crippen molar-refractivity contribution in [3.63, 3.8) is 0 Å². The molecule has 2 N–H and O–H groups in total. The van der Waals surface area contributed by atoms with Gasteiger partial charge in [0, 0.05) is 18.9 Å². The molecule has 0 aromatic heterocycles. The number of esters is 2. The van der Waals surface area contributed by atoms with E-state index in [1.54, 1.807) is 18.2 Å². The highest BCUT2D eigenvalue weighted by molar-refractivity contribution is 5.94. The van der Waals surface area contributed by atoms with Gasteiger partial charge in [0.15, 0.2) is 0 Å². The van der Waals surface area contributed by atoms with E-state index < -0.39 is 24.1 Å². The minimum absolute atomic E-state index is 0.00453. The van der Waals surface area contributed by atoms with Crippen molar-refractivity contribution in [2.45, 2.75) is 44.8 Å². The molecule has 0 saturated heterocycles. The molecular formula is C21H26O6. The zero-order valence-electron chi connectivity index (χ0n) is 15.6. The lowest BCUT2D eigenvalue weighted by molar-refractivity contribution is -0.134. The molecule has 0 spiro atoms. The smallest absolute Gasteiger partial charge is 0.342 e. The normalized spacial score (nSPS) is 25.0. The molecule has 1 aliphatic rings. The predicted octanol–water partition coefficient (Wildman–Crippen LogP) is 2.93. The van der Waals surface area contributed by atoms with E-state index in [2.05, 4.69) is 4.74 Å². The highest BCUT2D eigenvalue weighted by Gasteiger charge is 2.25. The number of aromatic hydroxyl groups is 1. The Hall–Kier alpha value is -2.60. The van der Waals surface area contributed by atoms with Crippen LogP contribution < -0.4 is 0 Å². The van der Waals surface area contributed by atoms with Gasteiger partial charge in [-0.2, -0.15) is 0 Å². The standard InChI is InChI=1S/C21H26O6/c1-14-7-3-4-8-15-9-5-11-17(22)20(15)21(25)27-16(13-18(14)23)10-6-12-19(24)26-2/h3-6,9,11-12,14,16,18,22-23H,7-8,10,13H2,1-2H3/b4-3-,12-6-/t14-,16-,18+/m1/s1. The number of carbonyl (C=O) groups is 2. The Balaban J connectivity index is 2.29. The Morgan fingerprint density at radius 1 is 1.37 bits per heavy atom. The molecule has 0 aliphatic carbocycles. The monoisotopic (exact) mass is 374 g/mol. The minimum atomic E-state index is -0.665. The number of cyclic esters (lactones) is 1. The molecule has 3 atom stereocenters. The Bertz CT molecular complexity index is 721. The Morgan fingerprint density at radius 2 is 2.15 bits per heavy atom. The molecule has 0 saturated carbocycles. The van der Waals surface area contributed by atoms with Gasteiger partial charge in [-0.25, -0.2) is 9.59 Å². The van der Waals surface area contributed by atoms with Crippen LogP contribution in [0.5, 0.6) is 5.75 Å². The van der Waals surface area contributed by atoms with Gasteiger partial charge in [0.05, 0.1) is 13.2 Å². The molecule has 1 aromatic rings. The van der Waals surface area contributed by atoms with Gasteiger partial charge in [0.2, 0.25) is 0 Å². The van der Waals surface area contributed by atoms with E-state index >= 15 is 0 Å². The second-order valence-corrected chi connectivity index (χ2v) is 6.69. The fourth-order valence-corrected chi connectivity index (χ4v) is 2.96. The third kappa shape index (κ3) is 5.96. The third-order valence-corrected chi connectivity index (χ3v) is 4.63. The van der Waals surface area contributed by atoms with Crippen LogP contribution in [0.4, 0.5) is 0 Å². The van der Waals surface area contributed by atoms with E-state index in [1.807, 2.05) is 19.1 Å². The van der Waals surface area contributed by atoms with Gasteiger partial charge in [0.25, 0.3) is 0 Å². The number of phenolic OH excluding ortho intramolecular Hbond substituents is 1. The zero-order valence-corrected chi connectivity index (χ0v) is 15.6. The molecule has 1 aliphatic heterocycles. The molecular weight excluding hydrogens is 348 g/mol. The Kier molecular flexibility index (Phi) is 7.61. The largest absolute Gasteiger partial charge is 0.507 e. The second kappa shape index (κ2) is 9.92. The first-order chi connectivity index (χ1) is 12.9. The molecule has 0 fully saturated rings. The van der Waals surface area contributed by atoms with E-state index in [0.29, 0.717) is 18.4 Å². The summed E-state index contributed by atoms with van der Waals surface area (Å²) in [5.41, 5.74) is 0.807. The van der Waals surface area contributed by atoms with E-state index in [9.17, 15) is 19.8 Å². The number of benzene rings is 1. The summed E-state index contributed by atoms with van der Waals surface area (Å²) in [6.07, 6.45) is 7.07. The SMILES string of the molecule is COC(=O)/C=C\C[C@@H]1C[C@H](O)[C@H](C)C/C=C\Cc2cccc(O)c2C(=O)O1. The average Bonchev–Trinajstić information content (AvgIpc) is 2.63. The van der Waals surface area contributed by atoms with Gasteiger partial charge in [-0.15, -0.1) is 0 Å². The molecule has 2 rings (SSSR count). The van der Waals surface area contributed by atoms with Gasteiger partial charge < -0.3 is 19.7 Å². The molecule has 6 nitrogen and oxygen atoms in total. The fourth-order valence-electron chi connectivity index (χ4n) is 2.96. The summed E-state index contributed by atoms with van der Waals surface area (Å²) in [7, 11) is 1.28. The molecule has 0 unspecified atom stereocenters. The highest BCUT2D eigenvalue weighted by Crippen LogP contribution is 2.26. The van der Waals surface area contributed by atoms with Crippen LogP contribution in [0.3, 0.4) is 0 Å². The van der Waals surface area contributed by atoms with Gasteiger partial charge in [0.1, 0.15) is 17.4 Å². The number of aliphatic hydroxyl groups excluding tert-OH is 1. The maximum atomic E-state index is 12.7. The molecule has 0 radical (unpaired) electrons. The molecule has 0 bridgehead atoms. The van der Waals surface area contributed by atoms with Crippen LogP contribution in [0, 0.1) is 5.92 Å². The maximum Gasteiger partial charge on any atom is 0.342 e. The Morgan fingerprint density at radius 3 is 2.89 bits per heavy atom. The maximum absolute atomic E-state index is 12.7. The third-order valence-electron chi connectivity index (χ3n) is 4.63. The average molecular weight is 374 g/mol. The van der Waals surface area contributed by atoms with Gasteiger partial charge in [-0.05, 0) is 30.4 Å². The Labute approximate surface area is 159 Å². The number of fused-ring (bicyclic) bond motifs is 1. The number of methoxy groups -OCH3 is 1. The van der Waals surface area contributed by atoms with Crippen molar-refractivity contribution in [3.8, 4) is 5.75 Å². The van der Waals surface area contributed by atoms with E-state index in [1.165, 1.54) is 19.3 Å². The quantitative estimate of drug-likeness (QED) is 0.480. The van der Waals surface area contributed by atoms with Crippen LogP contribution in [0.2, 0.25) is 0 Å². The number of hydrogen-bond donors (Lipinski definition) is 2. The van der Waals surface area contributed by atoms with Crippen molar-refractivity contribution >= 4 is 11.9 Å². The summed E-state index contributed by atoms with van der Waals surface area (Å²) < 4.78 is 10.1. The summed E-state index contributed by atoms with van der Waals surface area (Å²) in [6, 6.07) is 4.90. The molecule has 0 amide bonds. The number of phenols is 1. The van der Waals surface area contributed by atoms with Crippen molar-refractivity contribution in [2.24, 2.45) is 5.92 Å². The van der Waals surface area contributed by atoms with Gasteiger partial charge in [-0.1, -0.05) is 37.3 Å². The second-order valence-electron chi connectivity index (χ2n) is 6.69. The summed E-state index contributed by atoms with van der Waals surface area (Å²) in [5.74, 6) is -1.29. The van der Waals surface area contributed by atoms with Crippen LogP contribution in [0.25, 0.3) is 0 Å². The summed E-state index contributed by atoms with van der Waals surface area (Å²) in [5, 5.41) is 20.6. The molecule has 1 heterocycles. The molecule has 146 valence electrons. The van der Waals surface area contributed by atoms with E-state index in [4.69, 9.17) is 4.74 Å². The number of rotatable bonds is 3. The molecule has 6 heteroatoms. The minimum Gasteiger partial charge on any atom is -0.507 e.